The lowest BCUT2D eigenvalue weighted by atomic mass is 10.0. The number of nitroso groups, excluding NO2 is 1. The van der Waals surface area contributed by atoms with Crippen molar-refractivity contribution >= 4 is 21.6 Å². The monoisotopic (exact) mass is 338 g/mol. The number of amides is 1. The smallest absolute Gasteiger partial charge is 0.257 e. The van der Waals surface area contributed by atoms with Crippen LogP contribution in [0, 0.1) is 4.91 Å². The number of benzene rings is 1. The van der Waals surface area contributed by atoms with Gasteiger partial charge in [-0.1, -0.05) is 12.1 Å². The van der Waals surface area contributed by atoms with Crippen molar-refractivity contribution in [1.82, 2.24) is 9.21 Å². The summed E-state index contributed by atoms with van der Waals surface area (Å²) in [5.74, 6) is -0.508. The highest BCUT2D eigenvalue weighted by atomic mass is 32.2. The summed E-state index contributed by atoms with van der Waals surface area (Å²) in [5.41, 5.74) is 2.35. The summed E-state index contributed by atoms with van der Waals surface area (Å²) < 4.78 is 26.4. The number of nitrogens with one attached hydrogen (secondary N) is 1. The Morgan fingerprint density at radius 1 is 1.35 bits per heavy atom. The Kier molecular flexibility index (Phi) is 3.74. The highest BCUT2D eigenvalue weighted by molar-refractivity contribution is 7.89. The summed E-state index contributed by atoms with van der Waals surface area (Å²) in [7, 11) is -0.763. The molecule has 0 aromatic heterocycles. The van der Waals surface area contributed by atoms with Gasteiger partial charge in [-0.05, 0) is 23.7 Å². The molecule has 23 heavy (non-hydrogen) atoms. The molecule has 0 spiro atoms. The van der Waals surface area contributed by atoms with E-state index in [-0.39, 0.29) is 4.90 Å². The fourth-order valence-electron chi connectivity index (χ4n) is 3.08. The predicted molar refractivity (Wildman–Crippen MR) is 84.3 cm³/mol. The molecule has 2 aliphatic rings. The van der Waals surface area contributed by atoms with E-state index in [0.29, 0.717) is 29.9 Å². The van der Waals surface area contributed by atoms with Crippen LogP contribution >= 0.6 is 0 Å². The standard InChI is InChI=1S/C14H18N4O4S/c1-4-18-6-9-10(7-18)12-8(13(16-20)14(19)15-12)5-11(9)23(21,22)17(2)3/h5,13H,4,6-7H2,1-3H3,(H,15,19). The first kappa shape index (κ1) is 16.0. The molecule has 2 heterocycles. The molecule has 9 heteroatoms. The zero-order valence-electron chi connectivity index (χ0n) is 13.2. The van der Waals surface area contributed by atoms with Crippen LogP contribution in [0.3, 0.4) is 0 Å². The minimum Gasteiger partial charge on any atom is -0.323 e. The Morgan fingerprint density at radius 3 is 2.57 bits per heavy atom. The molecule has 0 radical (unpaired) electrons. The first-order chi connectivity index (χ1) is 10.8. The minimum atomic E-state index is -3.68. The van der Waals surface area contributed by atoms with E-state index in [4.69, 9.17) is 0 Å². The maximum absolute atomic E-state index is 12.7. The van der Waals surface area contributed by atoms with Gasteiger partial charge in [-0.15, -0.1) is 4.91 Å². The average molecular weight is 338 g/mol. The minimum absolute atomic E-state index is 0.150. The van der Waals surface area contributed by atoms with Crippen LogP contribution in [0.1, 0.15) is 29.7 Å². The second-order valence-electron chi connectivity index (χ2n) is 5.88. The molecule has 0 saturated heterocycles. The number of nitrogens with zero attached hydrogens (tertiary/aromatic N) is 3. The SMILES string of the molecule is CCN1Cc2c(S(=O)(=O)N(C)C)cc3c(c2C1)NC(=O)C3N=O. The second-order valence-corrected chi connectivity index (χ2v) is 8.00. The Hall–Kier alpha value is -1.84. The summed E-state index contributed by atoms with van der Waals surface area (Å²) in [6.45, 7) is 3.78. The molecule has 124 valence electrons. The fourth-order valence-corrected chi connectivity index (χ4v) is 4.24. The predicted octanol–water partition coefficient (Wildman–Crippen LogP) is 1.03. The molecule has 1 aromatic rings. The largest absolute Gasteiger partial charge is 0.323 e. The molecule has 2 aliphatic heterocycles. The number of fused-ring (bicyclic) bond motifs is 3. The molecule has 8 nitrogen and oxygen atoms in total. The van der Waals surface area contributed by atoms with Gasteiger partial charge in [-0.25, -0.2) is 12.7 Å². The fraction of sp³-hybridized carbons (Fsp3) is 0.500. The third-order valence-electron chi connectivity index (χ3n) is 4.40. The van der Waals surface area contributed by atoms with Crippen LogP contribution in [-0.2, 0) is 27.9 Å². The molecule has 1 unspecified atom stereocenters. The summed E-state index contributed by atoms with van der Waals surface area (Å²) in [6.07, 6.45) is 0. The van der Waals surface area contributed by atoms with E-state index in [9.17, 15) is 18.1 Å². The number of sulfonamides is 1. The molecule has 0 bridgehead atoms. The summed E-state index contributed by atoms with van der Waals surface area (Å²) in [5, 5.41) is 5.54. The van der Waals surface area contributed by atoms with Gasteiger partial charge in [0.25, 0.3) is 5.91 Å². The Labute approximate surface area is 134 Å². The lowest BCUT2D eigenvalue weighted by Gasteiger charge is -2.17. The summed E-state index contributed by atoms with van der Waals surface area (Å²) in [6, 6.07) is 0.231. The molecule has 0 saturated carbocycles. The number of carbonyl (C=O) groups excluding carboxylic acids is 1. The molecule has 0 aliphatic carbocycles. The van der Waals surface area contributed by atoms with Gasteiger partial charge >= 0.3 is 0 Å². The van der Waals surface area contributed by atoms with Crippen molar-refractivity contribution in [2.45, 2.75) is 31.0 Å². The third kappa shape index (κ3) is 2.27. The van der Waals surface area contributed by atoms with Gasteiger partial charge < -0.3 is 5.32 Å². The zero-order valence-corrected chi connectivity index (χ0v) is 14.0. The number of carbonyl (C=O) groups is 1. The molecular formula is C14H18N4O4S. The van der Waals surface area contributed by atoms with Crippen LogP contribution in [0.2, 0.25) is 0 Å². The van der Waals surface area contributed by atoms with Gasteiger partial charge in [0.1, 0.15) is 0 Å². The van der Waals surface area contributed by atoms with Crippen molar-refractivity contribution in [1.29, 1.82) is 0 Å². The Bertz CT molecular complexity index is 803. The first-order valence-corrected chi connectivity index (χ1v) is 8.72. The molecule has 1 amide bonds. The van der Waals surface area contributed by atoms with E-state index in [1.165, 1.54) is 20.2 Å². The Morgan fingerprint density at radius 2 is 2.00 bits per heavy atom. The molecule has 1 atom stereocenters. The van der Waals surface area contributed by atoms with E-state index in [0.717, 1.165) is 16.4 Å². The van der Waals surface area contributed by atoms with Gasteiger partial charge in [0.15, 0.2) is 6.04 Å². The van der Waals surface area contributed by atoms with Crippen LogP contribution in [0.5, 0.6) is 0 Å². The van der Waals surface area contributed by atoms with E-state index in [1.807, 2.05) is 6.92 Å². The van der Waals surface area contributed by atoms with Crippen LogP contribution in [-0.4, -0.2) is 44.2 Å². The van der Waals surface area contributed by atoms with Crippen molar-refractivity contribution in [3.63, 3.8) is 0 Å². The maximum Gasteiger partial charge on any atom is 0.257 e. The highest BCUT2D eigenvalue weighted by Gasteiger charge is 2.40. The van der Waals surface area contributed by atoms with Gasteiger partial charge in [0.05, 0.1) is 10.6 Å². The van der Waals surface area contributed by atoms with Crippen LogP contribution < -0.4 is 5.32 Å². The van der Waals surface area contributed by atoms with Crippen molar-refractivity contribution in [3.05, 3.63) is 27.7 Å². The van der Waals surface area contributed by atoms with Crippen LogP contribution in [0.15, 0.2) is 16.1 Å². The number of hydrogen-bond donors (Lipinski definition) is 1. The normalized spacial score (nSPS) is 20.5. The lowest BCUT2D eigenvalue weighted by molar-refractivity contribution is -0.116. The van der Waals surface area contributed by atoms with E-state index >= 15 is 0 Å². The molecular weight excluding hydrogens is 320 g/mol. The number of rotatable bonds is 4. The quantitative estimate of drug-likeness (QED) is 0.827. The number of anilines is 1. The Balaban J connectivity index is 2.28. The van der Waals surface area contributed by atoms with Crippen LogP contribution in [0.25, 0.3) is 0 Å². The summed E-state index contributed by atoms with van der Waals surface area (Å²) >= 11 is 0. The first-order valence-electron chi connectivity index (χ1n) is 7.28. The zero-order chi connectivity index (χ0) is 16.9. The van der Waals surface area contributed by atoms with E-state index < -0.39 is 22.0 Å². The van der Waals surface area contributed by atoms with Crippen molar-refractivity contribution in [2.75, 3.05) is 26.0 Å². The van der Waals surface area contributed by atoms with Gasteiger partial charge in [0.2, 0.25) is 10.0 Å². The molecule has 1 aromatic carbocycles. The summed E-state index contributed by atoms with van der Waals surface area (Å²) in [4.78, 5) is 25.2. The average Bonchev–Trinajstić information content (AvgIpc) is 3.05. The van der Waals surface area contributed by atoms with Crippen molar-refractivity contribution in [2.24, 2.45) is 5.18 Å². The lowest BCUT2D eigenvalue weighted by Crippen LogP contribution is -2.24. The molecule has 3 rings (SSSR count). The van der Waals surface area contributed by atoms with Gasteiger partial charge in [-0.3, -0.25) is 9.69 Å². The van der Waals surface area contributed by atoms with E-state index in [1.54, 1.807) is 0 Å². The third-order valence-corrected chi connectivity index (χ3v) is 6.29. The highest BCUT2D eigenvalue weighted by Crippen LogP contribution is 2.44. The van der Waals surface area contributed by atoms with Gasteiger partial charge in [-0.2, -0.15) is 0 Å². The molecule has 1 N–H and O–H groups in total. The van der Waals surface area contributed by atoms with Crippen molar-refractivity contribution in [3.8, 4) is 0 Å². The second kappa shape index (κ2) is 5.36. The van der Waals surface area contributed by atoms with Gasteiger partial charge in [0, 0.05) is 32.7 Å². The molecule has 0 fully saturated rings. The topological polar surface area (TPSA) is 99.2 Å². The van der Waals surface area contributed by atoms with Crippen molar-refractivity contribution < 1.29 is 13.2 Å². The van der Waals surface area contributed by atoms with E-state index in [2.05, 4.69) is 15.4 Å². The number of hydrogen-bond acceptors (Lipinski definition) is 6. The van der Waals surface area contributed by atoms with Crippen LogP contribution in [0.4, 0.5) is 5.69 Å². The maximum atomic E-state index is 12.7.